The number of fused-ring (bicyclic) bond motifs is 2. The van der Waals surface area contributed by atoms with Gasteiger partial charge in [-0.2, -0.15) is 4.98 Å². The number of hydrogen-bond acceptors (Lipinski definition) is 8. The summed E-state index contributed by atoms with van der Waals surface area (Å²) in [6.45, 7) is 0.907. The molecule has 150 valence electrons. The number of halogens is 1. The second kappa shape index (κ2) is 8.05. The molecule has 10 nitrogen and oxygen atoms in total. The zero-order chi connectivity index (χ0) is 20.6. The van der Waals surface area contributed by atoms with Gasteiger partial charge in [0.05, 0.1) is 24.2 Å². The number of benzene rings is 1. The van der Waals surface area contributed by atoms with Crippen molar-refractivity contribution < 1.29 is 20.4 Å². The van der Waals surface area contributed by atoms with Crippen LogP contribution in [0.3, 0.4) is 0 Å². The van der Waals surface area contributed by atoms with Gasteiger partial charge in [-0.05, 0) is 24.1 Å². The predicted octanol–water partition coefficient (Wildman–Crippen LogP) is -1.02. The number of aromatic amines is 1. The maximum Gasteiger partial charge on any atom is 0.349 e. The second-order valence-electron chi connectivity index (χ2n) is 6.36. The summed E-state index contributed by atoms with van der Waals surface area (Å²) in [5.41, 5.74) is 0.104. The quantitative estimate of drug-likeness (QED) is 0.295. The molecule has 3 atom stereocenters. The van der Waals surface area contributed by atoms with E-state index in [-0.39, 0.29) is 18.1 Å². The Morgan fingerprint density at radius 2 is 1.89 bits per heavy atom. The Bertz CT molecular complexity index is 1100. The summed E-state index contributed by atoms with van der Waals surface area (Å²) in [5, 5.41) is 38.9. The lowest BCUT2D eigenvalue weighted by Gasteiger charge is -2.25. The van der Waals surface area contributed by atoms with E-state index in [9.17, 15) is 24.9 Å². The van der Waals surface area contributed by atoms with Gasteiger partial charge in [0.1, 0.15) is 18.3 Å². The number of hydrogen-bond donors (Lipinski definition) is 5. The summed E-state index contributed by atoms with van der Waals surface area (Å²) in [6.07, 6.45) is -4.03. The van der Waals surface area contributed by atoms with Crippen molar-refractivity contribution in [3.05, 3.63) is 43.0 Å². The molecular weight excluding hydrogens is 436 g/mol. The van der Waals surface area contributed by atoms with Crippen LogP contribution in [0.4, 0.5) is 0 Å². The van der Waals surface area contributed by atoms with Gasteiger partial charge in [-0.3, -0.25) is 9.78 Å². The number of rotatable bonds is 6. The van der Waals surface area contributed by atoms with Crippen LogP contribution in [0.2, 0.25) is 0 Å². The Hall–Kier alpha value is -2.18. The molecule has 0 unspecified atom stereocenters. The van der Waals surface area contributed by atoms with Crippen LogP contribution >= 0.6 is 15.9 Å². The summed E-state index contributed by atoms with van der Waals surface area (Å²) in [4.78, 5) is 34.1. The van der Waals surface area contributed by atoms with Crippen LogP contribution < -0.4 is 11.2 Å². The van der Waals surface area contributed by atoms with E-state index in [1.807, 2.05) is 6.92 Å². The fraction of sp³-hybridized carbons (Fsp3) is 0.412. The Kier molecular flexibility index (Phi) is 5.91. The first kappa shape index (κ1) is 20.6. The molecule has 0 aliphatic carbocycles. The molecule has 3 rings (SSSR count). The lowest BCUT2D eigenvalue weighted by atomic mass is 10.1. The van der Waals surface area contributed by atoms with Gasteiger partial charge in [-0.15, -0.1) is 0 Å². The second-order valence-corrected chi connectivity index (χ2v) is 7.21. The van der Waals surface area contributed by atoms with Crippen molar-refractivity contribution in [2.45, 2.75) is 38.2 Å². The van der Waals surface area contributed by atoms with Crippen molar-refractivity contribution in [1.29, 1.82) is 0 Å². The Morgan fingerprint density at radius 1 is 1.18 bits per heavy atom. The van der Waals surface area contributed by atoms with Crippen molar-refractivity contribution in [2.24, 2.45) is 0 Å². The normalized spacial score (nSPS) is 15.1. The smallest absolute Gasteiger partial charge is 0.349 e. The number of nitrogens with zero attached hydrogens (tertiary/aromatic N) is 3. The monoisotopic (exact) mass is 454 g/mol. The molecule has 0 saturated heterocycles. The van der Waals surface area contributed by atoms with Crippen LogP contribution in [0.5, 0.6) is 0 Å². The van der Waals surface area contributed by atoms with Crippen molar-refractivity contribution >= 4 is 27.0 Å². The summed E-state index contributed by atoms with van der Waals surface area (Å²) in [5.74, 6) is -0.0598. The van der Waals surface area contributed by atoms with Crippen molar-refractivity contribution in [2.75, 3.05) is 6.61 Å². The molecule has 0 bridgehead atoms. The summed E-state index contributed by atoms with van der Waals surface area (Å²) >= 11 is 3.45. The molecule has 5 N–H and O–H groups in total. The van der Waals surface area contributed by atoms with Crippen LogP contribution in [-0.4, -0.2) is 64.9 Å². The minimum atomic E-state index is -1.65. The standard InChI is InChI=1S/C17H19BrN4O6/c1-2-7-3-10-9(4-8(7)18)19-13-15(20-17(28)21-16(13)27)22(10)5-11(24)14(26)12(25)6-23/h3-4,11-12,14,23-26H,2,5-6H2,1H3,(H,21,27,28)/t11-,12+,14-/m0/s1. The first-order valence-corrected chi connectivity index (χ1v) is 9.34. The summed E-state index contributed by atoms with van der Waals surface area (Å²) < 4.78 is 2.18. The van der Waals surface area contributed by atoms with Gasteiger partial charge in [0.25, 0.3) is 5.56 Å². The molecule has 0 spiro atoms. The highest BCUT2D eigenvalue weighted by atomic mass is 79.9. The van der Waals surface area contributed by atoms with Gasteiger partial charge in [0, 0.05) is 4.47 Å². The molecule has 0 aromatic heterocycles. The SMILES string of the molecule is CCc1cc2c(cc1Br)nc1c(=O)[nH]c(=O)nc-1n2C[C@H](O)[C@H](O)[C@H](O)CO. The highest BCUT2D eigenvalue weighted by Gasteiger charge is 2.27. The zero-order valence-electron chi connectivity index (χ0n) is 14.8. The number of H-pyrrole nitrogens is 1. The van der Waals surface area contributed by atoms with E-state index in [0.717, 1.165) is 10.0 Å². The Morgan fingerprint density at radius 3 is 2.54 bits per heavy atom. The molecule has 2 heterocycles. The summed E-state index contributed by atoms with van der Waals surface area (Å²) in [7, 11) is 0. The lowest BCUT2D eigenvalue weighted by Crippen LogP contribution is -2.42. The Balaban J connectivity index is 2.29. The molecule has 11 heteroatoms. The third-order valence-corrected chi connectivity index (χ3v) is 5.24. The van der Waals surface area contributed by atoms with E-state index < -0.39 is 36.2 Å². The van der Waals surface area contributed by atoms with Gasteiger partial charge >= 0.3 is 5.69 Å². The minimum Gasteiger partial charge on any atom is -0.394 e. The molecule has 1 aromatic rings. The van der Waals surface area contributed by atoms with E-state index in [2.05, 4.69) is 30.9 Å². The minimum absolute atomic E-state index is 0.0598. The van der Waals surface area contributed by atoms with Gasteiger partial charge in [0.2, 0.25) is 0 Å². The highest BCUT2D eigenvalue weighted by Crippen LogP contribution is 2.27. The molecule has 0 saturated carbocycles. The van der Waals surface area contributed by atoms with E-state index in [0.29, 0.717) is 17.5 Å². The van der Waals surface area contributed by atoms with Gasteiger partial charge in [-0.1, -0.05) is 22.9 Å². The van der Waals surface area contributed by atoms with Gasteiger partial charge in [-0.25, -0.2) is 9.78 Å². The van der Waals surface area contributed by atoms with Gasteiger partial charge in [0.15, 0.2) is 11.5 Å². The number of aryl methyl sites for hydroxylation is 1. The van der Waals surface area contributed by atoms with E-state index in [1.54, 1.807) is 12.1 Å². The molecule has 28 heavy (non-hydrogen) atoms. The maximum atomic E-state index is 12.2. The third-order valence-electron chi connectivity index (χ3n) is 4.50. The molecule has 2 aliphatic heterocycles. The highest BCUT2D eigenvalue weighted by molar-refractivity contribution is 9.10. The number of aliphatic hydroxyl groups is 4. The van der Waals surface area contributed by atoms with Crippen LogP contribution in [-0.2, 0) is 13.0 Å². The van der Waals surface area contributed by atoms with E-state index in [4.69, 9.17) is 5.11 Å². The average molecular weight is 455 g/mol. The number of aliphatic hydroxyl groups excluding tert-OH is 4. The summed E-state index contributed by atoms with van der Waals surface area (Å²) in [6, 6.07) is 3.49. The number of aromatic nitrogens is 4. The van der Waals surface area contributed by atoms with Crippen molar-refractivity contribution in [3.8, 4) is 11.5 Å². The van der Waals surface area contributed by atoms with E-state index in [1.165, 1.54) is 4.57 Å². The fourth-order valence-electron chi connectivity index (χ4n) is 2.97. The van der Waals surface area contributed by atoms with Crippen LogP contribution in [0.1, 0.15) is 12.5 Å². The fourth-order valence-corrected chi connectivity index (χ4v) is 3.59. The first-order chi connectivity index (χ1) is 13.3. The zero-order valence-corrected chi connectivity index (χ0v) is 16.4. The maximum absolute atomic E-state index is 12.2. The Labute approximate surface area is 166 Å². The van der Waals surface area contributed by atoms with E-state index >= 15 is 0 Å². The van der Waals surface area contributed by atoms with Crippen LogP contribution in [0.25, 0.3) is 22.6 Å². The first-order valence-electron chi connectivity index (χ1n) is 8.54. The van der Waals surface area contributed by atoms with Crippen molar-refractivity contribution in [1.82, 2.24) is 19.5 Å². The van der Waals surface area contributed by atoms with Gasteiger partial charge < -0.3 is 25.0 Å². The number of nitrogens with one attached hydrogen (secondary N) is 1. The average Bonchev–Trinajstić information content (AvgIpc) is 2.66. The van der Waals surface area contributed by atoms with Crippen LogP contribution in [0, 0.1) is 0 Å². The largest absolute Gasteiger partial charge is 0.394 e. The molecule has 1 aromatic carbocycles. The molecule has 2 aliphatic rings. The predicted molar refractivity (Wildman–Crippen MR) is 103 cm³/mol. The molecule has 0 radical (unpaired) electrons. The lowest BCUT2D eigenvalue weighted by molar-refractivity contribution is -0.0802. The molecule has 0 amide bonds. The molecule has 0 fully saturated rings. The topological polar surface area (TPSA) is 162 Å². The molecular formula is C17H19BrN4O6. The van der Waals surface area contributed by atoms with Crippen molar-refractivity contribution in [3.63, 3.8) is 0 Å². The van der Waals surface area contributed by atoms with Crippen LogP contribution in [0.15, 0.2) is 26.2 Å². The third kappa shape index (κ3) is 3.71.